The van der Waals surface area contributed by atoms with Crippen LogP contribution in [0.25, 0.3) is 66.1 Å². The van der Waals surface area contributed by atoms with E-state index in [2.05, 4.69) is 235 Å². The van der Waals surface area contributed by atoms with Gasteiger partial charge in [0.15, 0.2) is 23.0 Å². The third-order valence-corrected chi connectivity index (χ3v) is 14.2. The molecule has 0 aromatic heterocycles. The molecule has 0 saturated carbocycles. The first kappa shape index (κ1) is 36.8. The average Bonchev–Trinajstić information content (AvgIpc) is 3.86. The number of rotatable bonds is 5. The molecule has 3 heteroatoms. The van der Waals surface area contributed by atoms with Crippen LogP contribution in [0.15, 0.2) is 237 Å². The van der Waals surface area contributed by atoms with Gasteiger partial charge in [-0.05, 0) is 125 Å². The second-order valence-corrected chi connectivity index (χ2v) is 17.5. The molecule has 308 valence electrons. The van der Waals surface area contributed by atoms with Crippen molar-refractivity contribution in [3.05, 3.63) is 259 Å². The van der Waals surface area contributed by atoms with Gasteiger partial charge in [0.05, 0.1) is 11.1 Å². The van der Waals surface area contributed by atoms with Crippen LogP contribution in [0.1, 0.15) is 22.3 Å². The second kappa shape index (κ2) is 14.2. The maximum absolute atomic E-state index is 7.43. The van der Waals surface area contributed by atoms with Crippen molar-refractivity contribution in [3.8, 4) is 67.5 Å². The number of hydrogen-bond donors (Lipinski definition) is 0. The minimum Gasteiger partial charge on any atom is -0.449 e. The van der Waals surface area contributed by atoms with Crippen LogP contribution < -0.4 is 14.4 Å². The number of fused-ring (bicyclic) bond motifs is 15. The molecular formula is C63H39NO2. The van der Waals surface area contributed by atoms with Crippen molar-refractivity contribution in [2.24, 2.45) is 0 Å². The number of ether oxygens (including phenoxy) is 2. The first-order valence-electron chi connectivity index (χ1n) is 22.7. The fourth-order valence-corrected chi connectivity index (χ4v) is 11.4. The van der Waals surface area contributed by atoms with Crippen LogP contribution in [0.5, 0.6) is 23.0 Å². The molecule has 2 aliphatic carbocycles. The summed E-state index contributed by atoms with van der Waals surface area (Å²) in [5.74, 6) is 2.77. The van der Waals surface area contributed by atoms with E-state index in [4.69, 9.17) is 9.47 Å². The van der Waals surface area contributed by atoms with Gasteiger partial charge >= 0.3 is 0 Å². The van der Waals surface area contributed by atoms with E-state index in [0.29, 0.717) is 17.2 Å². The summed E-state index contributed by atoms with van der Waals surface area (Å²) in [7, 11) is 0. The summed E-state index contributed by atoms with van der Waals surface area (Å²) in [5.41, 5.74) is 16.9. The summed E-state index contributed by atoms with van der Waals surface area (Å²) in [5, 5.41) is 4.91. The predicted molar refractivity (Wildman–Crippen MR) is 270 cm³/mol. The van der Waals surface area contributed by atoms with E-state index in [0.717, 1.165) is 45.1 Å². The maximum Gasteiger partial charge on any atom is 0.194 e. The summed E-state index contributed by atoms with van der Waals surface area (Å²) in [4.78, 5) is 2.30. The Hall–Kier alpha value is -8.66. The van der Waals surface area contributed by atoms with Crippen molar-refractivity contribution in [1.29, 1.82) is 0 Å². The zero-order valence-corrected chi connectivity index (χ0v) is 35.8. The molecule has 0 fully saturated rings. The third-order valence-electron chi connectivity index (χ3n) is 14.2. The summed E-state index contributed by atoms with van der Waals surface area (Å²) < 4.78 is 14.4. The average molecular weight is 842 g/mol. The van der Waals surface area contributed by atoms with Crippen LogP contribution >= 0.6 is 0 Å². The third kappa shape index (κ3) is 5.20. The van der Waals surface area contributed by atoms with E-state index in [1.54, 1.807) is 0 Å². The van der Waals surface area contributed by atoms with Crippen LogP contribution in [0.3, 0.4) is 0 Å². The van der Waals surface area contributed by atoms with Crippen molar-refractivity contribution >= 4 is 38.6 Å². The number of hydrogen-bond acceptors (Lipinski definition) is 3. The zero-order chi connectivity index (χ0) is 43.3. The smallest absolute Gasteiger partial charge is 0.194 e. The van der Waals surface area contributed by atoms with Gasteiger partial charge in [-0.3, -0.25) is 0 Å². The van der Waals surface area contributed by atoms with Crippen LogP contribution in [-0.2, 0) is 5.41 Å². The molecule has 1 aliphatic heterocycles. The first-order valence-corrected chi connectivity index (χ1v) is 22.7. The Morgan fingerprint density at radius 2 is 0.758 bits per heavy atom. The highest BCUT2D eigenvalue weighted by Gasteiger charge is 2.53. The Kier molecular flexibility index (Phi) is 7.90. The highest BCUT2D eigenvalue weighted by molar-refractivity contribution is 6.00. The van der Waals surface area contributed by atoms with Crippen molar-refractivity contribution in [1.82, 2.24) is 0 Å². The molecule has 0 amide bonds. The van der Waals surface area contributed by atoms with Gasteiger partial charge in [0.25, 0.3) is 0 Å². The summed E-state index contributed by atoms with van der Waals surface area (Å²) >= 11 is 0. The van der Waals surface area contributed by atoms with E-state index < -0.39 is 5.41 Å². The highest BCUT2D eigenvalue weighted by atomic mass is 16.6. The Balaban J connectivity index is 0.938. The first-order chi connectivity index (χ1) is 32.7. The van der Waals surface area contributed by atoms with E-state index in [-0.39, 0.29) is 0 Å². The molecule has 11 aromatic rings. The van der Waals surface area contributed by atoms with E-state index in [1.165, 1.54) is 66.1 Å². The van der Waals surface area contributed by atoms with Crippen molar-refractivity contribution in [2.75, 3.05) is 4.90 Å². The zero-order valence-electron chi connectivity index (χ0n) is 35.8. The second-order valence-electron chi connectivity index (χ2n) is 17.5. The lowest BCUT2D eigenvalue weighted by atomic mass is 9.70. The Morgan fingerprint density at radius 1 is 0.303 bits per heavy atom. The van der Waals surface area contributed by atoms with Gasteiger partial charge in [-0.25, -0.2) is 0 Å². The standard InChI is InChI=1S/C63H39NO2/c1-3-18-46-40(14-1)16-11-23-48(46)42-30-34-44(35-31-42)64(45-36-32-43(33-37-45)49-24-12-17-41-15-2-4-19-47(41)49)57-28-13-29-58-61(57)66-62-59(65-58)39-38-56-60(62)52-22-7-10-27-55(52)63(56)53-25-8-5-20-50(53)51-21-6-9-26-54(51)63/h1-39H. The van der Waals surface area contributed by atoms with Crippen LogP contribution in [0.4, 0.5) is 17.1 Å². The molecule has 0 atom stereocenters. The van der Waals surface area contributed by atoms with Gasteiger partial charge in [0.2, 0.25) is 0 Å². The molecule has 1 heterocycles. The molecule has 14 rings (SSSR count). The fourth-order valence-electron chi connectivity index (χ4n) is 11.4. The SMILES string of the molecule is c1ccc2c(c1)-c1ccccc1C21c2ccccc2-c2c1ccc1c2Oc2c(cccc2N(c2ccc(-c3cccc4ccccc34)cc2)c2ccc(-c3cccc4ccccc34)cc2)O1. The number of benzene rings is 11. The van der Waals surface area contributed by atoms with Crippen molar-refractivity contribution in [3.63, 3.8) is 0 Å². The minimum absolute atomic E-state index is 0.499. The van der Waals surface area contributed by atoms with Gasteiger partial charge in [-0.1, -0.05) is 194 Å². The minimum atomic E-state index is -0.499. The molecule has 0 N–H and O–H groups in total. The van der Waals surface area contributed by atoms with E-state index in [9.17, 15) is 0 Å². The predicted octanol–water partition coefficient (Wildman–Crippen LogP) is 17.0. The molecule has 11 aromatic carbocycles. The molecule has 0 radical (unpaired) electrons. The maximum atomic E-state index is 7.43. The summed E-state index contributed by atoms with van der Waals surface area (Å²) in [6.45, 7) is 0. The molecule has 1 spiro atoms. The van der Waals surface area contributed by atoms with E-state index in [1.807, 2.05) is 6.07 Å². The molecule has 66 heavy (non-hydrogen) atoms. The van der Waals surface area contributed by atoms with Gasteiger partial charge in [0.1, 0.15) is 0 Å². The topological polar surface area (TPSA) is 21.7 Å². The Labute approximate surface area is 383 Å². The molecule has 3 aliphatic rings. The van der Waals surface area contributed by atoms with Crippen molar-refractivity contribution in [2.45, 2.75) is 5.41 Å². The molecular weight excluding hydrogens is 803 g/mol. The Morgan fingerprint density at radius 3 is 1.35 bits per heavy atom. The lowest BCUT2D eigenvalue weighted by Gasteiger charge is -2.32. The van der Waals surface area contributed by atoms with Gasteiger partial charge in [0, 0.05) is 16.9 Å². The monoisotopic (exact) mass is 841 g/mol. The number of anilines is 3. The Bertz CT molecular complexity index is 3590. The van der Waals surface area contributed by atoms with Crippen LogP contribution in [-0.4, -0.2) is 0 Å². The molecule has 0 saturated heterocycles. The van der Waals surface area contributed by atoms with Crippen LogP contribution in [0.2, 0.25) is 0 Å². The lowest BCUT2D eigenvalue weighted by Crippen LogP contribution is -2.25. The lowest BCUT2D eigenvalue weighted by molar-refractivity contribution is 0.361. The normalized spacial score (nSPS) is 13.2. The van der Waals surface area contributed by atoms with Gasteiger partial charge in [-0.2, -0.15) is 0 Å². The highest BCUT2D eigenvalue weighted by Crippen LogP contribution is 2.67. The van der Waals surface area contributed by atoms with E-state index >= 15 is 0 Å². The fraction of sp³-hybridized carbons (Fsp3) is 0.0159. The number of nitrogens with zero attached hydrogens (tertiary/aromatic N) is 1. The quantitative estimate of drug-likeness (QED) is 0.172. The summed E-state index contributed by atoms with van der Waals surface area (Å²) in [6.07, 6.45) is 0. The van der Waals surface area contributed by atoms with Crippen molar-refractivity contribution < 1.29 is 9.47 Å². The van der Waals surface area contributed by atoms with Crippen LogP contribution in [0, 0.1) is 0 Å². The van der Waals surface area contributed by atoms with Gasteiger partial charge < -0.3 is 14.4 Å². The largest absolute Gasteiger partial charge is 0.449 e. The molecule has 0 bridgehead atoms. The number of para-hydroxylation sites is 1. The van der Waals surface area contributed by atoms with Gasteiger partial charge in [-0.15, -0.1) is 0 Å². The molecule has 3 nitrogen and oxygen atoms in total. The summed E-state index contributed by atoms with van der Waals surface area (Å²) in [6, 6.07) is 85.3. The molecule has 0 unspecified atom stereocenters.